The van der Waals surface area contributed by atoms with Crippen molar-refractivity contribution in [2.75, 3.05) is 18.9 Å². The smallest absolute Gasteiger partial charge is 0.261 e. The van der Waals surface area contributed by atoms with Crippen molar-refractivity contribution in [2.45, 2.75) is 11.8 Å². The lowest BCUT2D eigenvalue weighted by Gasteiger charge is -2.12. The fourth-order valence-electron chi connectivity index (χ4n) is 3.17. The van der Waals surface area contributed by atoms with Crippen LogP contribution in [0.3, 0.4) is 0 Å². The van der Waals surface area contributed by atoms with E-state index in [1.165, 1.54) is 12.1 Å². The summed E-state index contributed by atoms with van der Waals surface area (Å²) in [4.78, 5) is 7.79. The normalized spacial score (nSPS) is 11.5. The van der Waals surface area contributed by atoms with E-state index in [0.29, 0.717) is 34.1 Å². The van der Waals surface area contributed by atoms with E-state index in [0.717, 1.165) is 23.2 Å². The van der Waals surface area contributed by atoms with Gasteiger partial charge in [0.05, 0.1) is 35.8 Å². The highest BCUT2D eigenvalue weighted by Gasteiger charge is 2.17. The number of imidazole rings is 1. The predicted octanol–water partition coefficient (Wildman–Crippen LogP) is 4.50. The zero-order chi connectivity index (χ0) is 22.2. The molecule has 0 fully saturated rings. The minimum atomic E-state index is -3.87. The maximum absolute atomic E-state index is 13.1. The fourth-order valence-corrected chi connectivity index (χ4v) is 4.29. The minimum Gasteiger partial charge on any atom is -0.493 e. The molecule has 0 aliphatic carbocycles. The lowest BCUT2D eigenvalue weighted by atomic mass is 10.1. The Morgan fingerprint density at radius 3 is 2.32 bits per heavy atom. The van der Waals surface area contributed by atoms with Crippen LogP contribution < -0.4 is 14.2 Å². The molecule has 4 rings (SSSR count). The van der Waals surface area contributed by atoms with Gasteiger partial charge < -0.3 is 14.5 Å². The van der Waals surface area contributed by atoms with Gasteiger partial charge in [-0.1, -0.05) is 12.1 Å². The van der Waals surface area contributed by atoms with Crippen LogP contribution in [-0.4, -0.2) is 32.6 Å². The second-order valence-electron chi connectivity index (χ2n) is 6.90. The lowest BCUT2D eigenvalue weighted by molar-refractivity contribution is 0.356. The van der Waals surface area contributed by atoms with Gasteiger partial charge >= 0.3 is 0 Å². The molecule has 3 aromatic carbocycles. The number of nitrogens with zero attached hydrogens (tertiary/aromatic N) is 1. The van der Waals surface area contributed by atoms with Crippen molar-refractivity contribution < 1.29 is 22.3 Å². The van der Waals surface area contributed by atoms with Gasteiger partial charge in [0.1, 0.15) is 11.6 Å². The van der Waals surface area contributed by atoms with Crippen LogP contribution in [0.25, 0.3) is 22.4 Å². The molecule has 9 heteroatoms. The van der Waals surface area contributed by atoms with Crippen LogP contribution in [-0.2, 0) is 10.0 Å². The van der Waals surface area contributed by atoms with Crippen LogP contribution in [0.15, 0.2) is 59.5 Å². The molecule has 2 N–H and O–H groups in total. The van der Waals surface area contributed by atoms with E-state index in [1.807, 2.05) is 6.07 Å². The average Bonchev–Trinajstić information content (AvgIpc) is 3.17. The minimum absolute atomic E-state index is 0.0263. The molecule has 0 radical (unpaired) electrons. The summed E-state index contributed by atoms with van der Waals surface area (Å²) in [6.45, 7) is 1.79. The molecular weight excluding hydrogens is 421 g/mol. The highest BCUT2D eigenvalue weighted by Crippen LogP contribution is 2.33. The van der Waals surface area contributed by atoms with Gasteiger partial charge in [0.25, 0.3) is 10.0 Å². The number of fused-ring (bicyclic) bond motifs is 1. The quantitative estimate of drug-likeness (QED) is 0.460. The van der Waals surface area contributed by atoms with Gasteiger partial charge in [-0.2, -0.15) is 0 Å². The van der Waals surface area contributed by atoms with E-state index in [1.54, 1.807) is 45.4 Å². The molecular formula is C22H20FN3O4S. The maximum Gasteiger partial charge on any atom is 0.261 e. The molecule has 160 valence electrons. The van der Waals surface area contributed by atoms with Crippen LogP contribution in [0.1, 0.15) is 5.56 Å². The van der Waals surface area contributed by atoms with Crippen LogP contribution >= 0.6 is 0 Å². The predicted molar refractivity (Wildman–Crippen MR) is 117 cm³/mol. The number of rotatable bonds is 6. The number of benzene rings is 3. The van der Waals surface area contributed by atoms with Gasteiger partial charge in [0, 0.05) is 17.7 Å². The van der Waals surface area contributed by atoms with Crippen molar-refractivity contribution in [3.63, 3.8) is 0 Å². The zero-order valence-electron chi connectivity index (χ0n) is 17.1. The molecule has 0 bridgehead atoms. The summed E-state index contributed by atoms with van der Waals surface area (Å²) in [5.74, 6) is 1.19. The summed E-state index contributed by atoms with van der Waals surface area (Å²) in [7, 11) is -0.766. The molecule has 0 atom stereocenters. The zero-order valence-corrected chi connectivity index (χ0v) is 17.9. The third-order valence-electron chi connectivity index (χ3n) is 4.87. The molecule has 0 unspecified atom stereocenters. The lowest BCUT2D eigenvalue weighted by Crippen LogP contribution is -2.13. The molecule has 0 spiro atoms. The Hall–Kier alpha value is -3.59. The van der Waals surface area contributed by atoms with Crippen LogP contribution in [0.5, 0.6) is 11.5 Å². The molecule has 0 aliphatic heterocycles. The number of hydrogen-bond acceptors (Lipinski definition) is 5. The second-order valence-corrected chi connectivity index (χ2v) is 8.58. The fraction of sp³-hybridized carbons (Fsp3) is 0.136. The number of methoxy groups -OCH3 is 2. The van der Waals surface area contributed by atoms with Crippen molar-refractivity contribution in [3.8, 4) is 22.9 Å². The van der Waals surface area contributed by atoms with Gasteiger partial charge in [-0.3, -0.25) is 4.72 Å². The first kappa shape index (κ1) is 20.7. The average molecular weight is 441 g/mol. The van der Waals surface area contributed by atoms with E-state index in [4.69, 9.17) is 9.47 Å². The molecule has 0 saturated heterocycles. The van der Waals surface area contributed by atoms with Gasteiger partial charge in [-0.25, -0.2) is 17.8 Å². The second kappa shape index (κ2) is 7.92. The number of H-pyrrole nitrogens is 1. The van der Waals surface area contributed by atoms with Crippen molar-refractivity contribution >= 4 is 26.7 Å². The van der Waals surface area contributed by atoms with Crippen LogP contribution in [0, 0.1) is 12.7 Å². The first-order valence-electron chi connectivity index (χ1n) is 9.32. The topological polar surface area (TPSA) is 93.3 Å². The SMILES string of the molecule is COc1cc2nc(-c3ccc(C)c(NS(=O)(=O)c4ccc(F)cc4)c3)[nH]c2cc1OC. The summed E-state index contributed by atoms with van der Waals surface area (Å²) in [5, 5.41) is 0. The monoisotopic (exact) mass is 441 g/mol. The number of ether oxygens (including phenoxy) is 2. The van der Waals surface area contributed by atoms with Crippen molar-refractivity contribution in [2.24, 2.45) is 0 Å². The summed E-state index contributed by atoms with van der Waals surface area (Å²) < 4.78 is 51.8. The molecule has 0 saturated carbocycles. The third-order valence-corrected chi connectivity index (χ3v) is 6.25. The number of aromatic nitrogens is 2. The van der Waals surface area contributed by atoms with E-state index >= 15 is 0 Å². The summed E-state index contributed by atoms with van der Waals surface area (Å²) in [6, 6.07) is 13.5. The largest absolute Gasteiger partial charge is 0.493 e. The van der Waals surface area contributed by atoms with Gasteiger partial charge in [-0.05, 0) is 42.8 Å². The Morgan fingerprint density at radius 2 is 1.65 bits per heavy atom. The first-order valence-corrected chi connectivity index (χ1v) is 10.8. The number of sulfonamides is 1. The molecule has 0 amide bonds. The Balaban J connectivity index is 1.71. The van der Waals surface area contributed by atoms with Gasteiger partial charge in [0.15, 0.2) is 11.5 Å². The molecule has 7 nitrogen and oxygen atoms in total. The summed E-state index contributed by atoms with van der Waals surface area (Å²) in [6.07, 6.45) is 0. The number of halogens is 1. The molecule has 4 aromatic rings. The molecule has 0 aliphatic rings. The Morgan fingerprint density at radius 1 is 0.968 bits per heavy atom. The highest BCUT2D eigenvalue weighted by molar-refractivity contribution is 7.92. The van der Waals surface area contributed by atoms with E-state index in [-0.39, 0.29) is 4.90 Å². The number of anilines is 1. The maximum atomic E-state index is 13.1. The van der Waals surface area contributed by atoms with Crippen LogP contribution in [0.4, 0.5) is 10.1 Å². The van der Waals surface area contributed by atoms with Crippen LogP contribution in [0.2, 0.25) is 0 Å². The van der Waals surface area contributed by atoms with E-state index in [2.05, 4.69) is 14.7 Å². The standard InChI is InChI=1S/C22H20FN3O4S/c1-13-4-5-14(10-17(13)26-31(27,28)16-8-6-15(23)7-9-16)22-24-18-11-20(29-2)21(30-3)12-19(18)25-22/h4-12,26H,1-3H3,(H,24,25). The van der Waals surface area contributed by atoms with E-state index in [9.17, 15) is 12.8 Å². The van der Waals surface area contributed by atoms with Crippen molar-refractivity contribution in [1.82, 2.24) is 9.97 Å². The van der Waals surface area contributed by atoms with Crippen molar-refractivity contribution in [1.29, 1.82) is 0 Å². The summed E-state index contributed by atoms with van der Waals surface area (Å²) >= 11 is 0. The third kappa shape index (κ3) is 4.04. The Labute approximate surface area is 178 Å². The molecule has 1 aromatic heterocycles. The number of aryl methyl sites for hydroxylation is 1. The number of aromatic amines is 1. The summed E-state index contributed by atoms with van der Waals surface area (Å²) in [5.41, 5.74) is 3.26. The first-order chi connectivity index (χ1) is 14.8. The number of nitrogens with one attached hydrogen (secondary N) is 2. The van der Waals surface area contributed by atoms with Gasteiger partial charge in [-0.15, -0.1) is 0 Å². The Kier molecular flexibility index (Phi) is 5.28. The highest BCUT2D eigenvalue weighted by atomic mass is 32.2. The van der Waals surface area contributed by atoms with E-state index < -0.39 is 15.8 Å². The molecule has 1 heterocycles. The van der Waals surface area contributed by atoms with Crippen molar-refractivity contribution in [3.05, 3.63) is 66.0 Å². The number of hydrogen-bond donors (Lipinski definition) is 2. The van der Waals surface area contributed by atoms with Gasteiger partial charge in [0.2, 0.25) is 0 Å². The molecule has 31 heavy (non-hydrogen) atoms. The Bertz CT molecular complexity index is 1320.